The van der Waals surface area contributed by atoms with Crippen LogP contribution in [0.4, 0.5) is 0 Å². The van der Waals surface area contributed by atoms with Gasteiger partial charge in [0.1, 0.15) is 5.92 Å². The Kier molecular flexibility index (Phi) is 5.70. The minimum atomic E-state index is -1.61. The molecule has 1 atom stereocenters. The van der Waals surface area contributed by atoms with Gasteiger partial charge < -0.3 is 14.9 Å². The second-order valence-electron chi connectivity index (χ2n) is 2.73. The zero-order chi connectivity index (χ0) is 13.6. The van der Waals surface area contributed by atoms with Crippen LogP contribution in [0, 0.1) is 5.92 Å². The van der Waals surface area contributed by atoms with Crippen LogP contribution in [-0.2, 0) is 19.1 Å². The van der Waals surface area contributed by atoms with E-state index in [1.807, 2.05) is 0 Å². The van der Waals surface area contributed by atoms with Gasteiger partial charge in [-0.15, -0.1) is 0 Å². The summed E-state index contributed by atoms with van der Waals surface area (Å²) in [5, 5.41) is 16.9. The Morgan fingerprint density at radius 3 is 2.12 bits per heavy atom. The van der Waals surface area contributed by atoms with Crippen molar-refractivity contribution in [3.8, 4) is 0 Å². The molecular weight excluding hydrogens is 252 g/mol. The molecule has 0 aromatic carbocycles. The summed E-state index contributed by atoms with van der Waals surface area (Å²) in [7, 11) is 0. The van der Waals surface area contributed by atoms with Crippen molar-refractivity contribution < 1.29 is 29.3 Å². The summed E-state index contributed by atoms with van der Waals surface area (Å²) in [6, 6.07) is 0. The molecule has 6 nitrogen and oxygen atoms in total. The zero-order valence-corrected chi connectivity index (χ0v) is 9.31. The Morgan fingerprint density at radius 1 is 1.29 bits per heavy atom. The van der Waals surface area contributed by atoms with Gasteiger partial charge in [-0.05, 0) is 0 Å². The average molecular weight is 261 g/mol. The van der Waals surface area contributed by atoms with E-state index in [0.717, 1.165) is 6.26 Å². The maximum Gasteiger partial charge on any atom is 0.333 e. The van der Waals surface area contributed by atoms with Gasteiger partial charge in [-0.1, -0.05) is 24.8 Å². The van der Waals surface area contributed by atoms with Gasteiger partial charge >= 0.3 is 17.9 Å². The molecule has 92 valence electrons. The molecule has 0 aliphatic rings. The minimum Gasteiger partial charge on any atom is -0.478 e. The lowest BCUT2D eigenvalue weighted by atomic mass is 9.98. The summed E-state index contributed by atoms with van der Waals surface area (Å²) < 4.78 is 4.36. The number of aliphatic carboxylic acids is 2. The minimum absolute atomic E-state index is 0.352. The molecule has 0 aromatic heterocycles. The molecular formula is C10H9ClO6. The van der Waals surface area contributed by atoms with Crippen molar-refractivity contribution in [3.05, 3.63) is 36.1 Å². The fourth-order valence-corrected chi connectivity index (χ4v) is 1.18. The highest BCUT2D eigenvalue weighted by atomic mass is 35.5. The van der Waals surface area contributed by atoms with E-state index in [9.17, 15) is 14.4 Å². The van der Waals surface area contributed by atoms with E-state index >= 15 is 0 Å². The Morgan fingerprint density at radius 2 is 1.82 bits per heavy atom. The third-order valence-corrected chi connectivity index (χ3v) is 1.80. The molecule has 0 spiro atoms. The SMILES string of the molecule is C=COC(=O)C(C(=C)Cl)/C(=C/C(=O)O)C(=O)O. The van der Waals surface area contributed by atoms with E-state index in [1.54, 1.807) is 0 Å². The maximum absolute atomic E-state index is 11.4. The molecule has 0 aliphatic heterocycles. The second-order valence-corrected chi connectivity index (χ2v) is 3.21. The molecule has 0 amide bonds. The van der Waals surface area contributed by atoms with Gasteiger partial charge in [0.05, 0.1) is 11.8 Å². The lowest BCUT2D eigenvalue weighted by Gasteiger charge is -2.13. The van der Waals surface area contributed by atoms with Crippen molar-refractivity contribution in [2.45, 2.75) is 0 Å². The maximum atomic E-state index is 11.4. The first kappa shape index (κ1) is 14.9. The van der Waals surface area contributed by atoms with Gasteiger partial charge in [0, 0.05) is 11.1 Å². The van der Waals surface area contributed by atoms with Crippen molar-refractivity contribution >= 4 is 29.5 Å². The fraction of sp³-hybridized carbons (Fsp3) is 0.100. The molecule has 0 aromatic rings. The molecule has 0 heterocycles. The average Bonchev–Trinajstić information content (AvgIpc) is 2.15. The number of hydrogen-bond donors (Lipinski definition) is 2. The summed E-state index contributed by atoms with van der Waals surface area (Å²) in [5.74, 6) is -5.80. The molecule has 0 bridgehead atoms. The number of carboxylic acid groups (broad SMARTS) is 2. The summed E-state index contributed by atoms with van der Waals surface area (Å²) >= 11 is 5.47. The number of rotatable bonds is 6. The van der Waals surface area contributed by atoms with Crippen LogP contribution in [0.3, 0.4) is 0 Å². The van der Waals surface area contributed by atoms with Gasteiger partial charge in [0.25, 0.3) is 0 Å². The van der Waals surface area contributed by atoms with E-state index in [-0.39, 0.29) is 5.03 Å². The van der Waals surface area contributed by atoms with Crippen molar-refractivity contribution in [1.29, 1.82) is 0 Å². The first-order valence-corrected chi connectivity index (χ1v) is 4.52. The lowest BCUT2D eigenvalue weighted by Crippen LogP contribution is -2.23. The quantitative estimate of drug-likeness (QED) is 0.422. The Hall–Kier alpha value is -2.08. The van der Waals surface area contributed by atoms with Gasteiger partial charge in [-0.3, -0.25) is 4.79 Å². The topological polar surface area (TPSA) is 101 Å². The summed E-state index contributed by atoms with van der Waals surface area (Å²) in [6.45, 7) is 6.31. The van der Waals surface area contributed by atoms with Gasteiger partial charge in [-0.25, -0.2) is 9.59 Å². The Balaban J connectivity index is 5.48. The predicted octanol–water partition coefficient (Wildman–Crippen LogP) is 1.14. The number of hydrogen-bond acceptors (Lipinski definition) is 4. The normalized spacial score (nSPS) is 12.4. The molecule has 0 rings (SSSR count). The van der Waals surface area contributed by atoms with Crippen LogP contribution in [0.2, 0.25) is 0 Å². The molecule has 0 fully saturated rings. The van der Waals surface area contributed by atoms with Crippen molar-refractivity contribution in [2.75, 3.05) is 0 Å². The standard InChI is InChI=1S/C10H9ClO6/c1-3-17-10(16)8(5(2)11)6(9(14)15)4-7(12)13/h3-4,8H,1-2H2,(H,12,13)(H,14,15)/b6-4-. The zero-order valence-electron chi connectivity index (χ0n) is 8.55. The summed E-state index contributed by atoms with van der Waals surface area (Å²) in [6.07, 6.45) is 1.13. The molecule has 17 heavy (non-hydrogen) atoms. The van der Waals surface area contributed by atoms with Crippen LogP contribution in [0.5, 0.6) is 0 Å². The smallest absolute Gasteiger partial charge is 0.333 e. The van der Waals surface area contributed by atoms with Crippen LogP contribution in [0.15, 0.2) is 36.1 Å². The number of esters is 1. The van der Waals surface area contributed by atoms with E-state index in [2.05, 4.69) is 17.9 Å². The fourth-order valence-electron chi connectivity index (χ4n) is 0.975. The highest BCUT2D eigenvalue weighted by molar-refractivity contribution is 6.31. The van der Waals surface area contributed by atoms with E-state index < -0.39 is 29.4 Å². The van der Waals surface area contributed by atoms with Crippen molar-refractivity contribution in [2.24, 2.45) is 5.92 Å². The molecule has 0 aliphatic carbocycles. The molecule has 0 saturated carbocycles. The monoisotopic (exact) mass is 260 g/mol. The molecule has 0 radical (unpaired) electrons. The van der Waals surface area contributed by atoms with E-state index in [0.29, 0.717) is 6.08 Å². The van der Waals surface area contributed by atoms with Gasteiger partial charge in [0.15, 0.2) is 0 Å². The van der Waals surface area contributed by atoms with E-state index in [4.69, 9.17) is 21.8 Å². The highest BCUT2D eigenvalue weighted by Gasteiger charge is 2.31. The van der Waals surface area contributed by atoms with Crippen molar-refractivity contribution in [3.63, 3.8) is 0 Å². The number of carbonyl (C=O) groups is 3. The Bertz CT molecular complexity index is 409. The predicted molar refractivity (Wildman–Crippen MR) is 58.1 cm³/mol. The van der Waals surface area contributed by atoms with Crippen LogP contribution < -0.4 is 0 Å². The number of carboxylic acids is 2. The summed E-state index contributed by atoms with van der Waals surface area (Å²) in [4.78, 5) is 32.6. The molecule has 0 saturated heterocycles. The van der Waals surface area contributed by atoms with Gasteiger partial charge in [0.2, 0.25) is 0 Å². The molecule has 1 unspecified atom stereocenters. The third-order valence-electron chi connectivity index (χ3n) is 1.59. The van der Waals surface area contributed by atoms with Crippen LogP contribution in [0.25, 0.3) is 0 Å². The number of carbonyl (C=O) groups excluding carboxylic acids is 1. The number of ether oxygens (including phenoxy) is 1. The second kappa shape index (κ2) is 6.49. The largest absolute Gasteiger partial charge is 0.478 e. The summed E-state index contributed by atoms with van der Waals surface area (Å²) in [5.41, 5.74) is -0.746. The molecule has 7 heteroatoms. The van der Waals surface area contributed by atoms with E-state index in [1.165, 1.54) is 0 Å². The van der Waals surface area contributed by atoms with Crippen LogP contribution in [0.1, 0.15) is 0 Å². The third kappa shape index (κ3) is 4.52. The van der Waals surface area contributed by atoms with Crippen LogP contribution >= 0.6 is 11.6 Å². The van der Waals surface area contributed by atoms with Gasteiger partial charge in [-0.2, -0.15) is 0 Å². The van der Waals surface area contributed by atoms with Crippen LogP contribution in [-0.4, -0.2) is 28.1 Å². The lowest BCUT2D eigenvalue weighted by molar-refractivity contribution is -0.143. The number of halogens is 1. The molecule has 2 N–H and O–H groups in total. The highest BCUT2D eigenvalue weighted by Crippen LogP contribution is 2.24. The first-order chi connectivity index (χ1) is 7.81. The van der Waals surface area contributed by atoms with Crippen molar-refractivity contribution in [1.82, 2.24) is 0 Å². The first-order valence-electron chi connectivity index (χ1n) is 4.14. The Labute approximate surface area is 101 Å².